The van der Waals surface area contributed by atoms with E-state index in [2.05, 4.69) is 9.39 Å². The van der Waals surface area contributed by atoms with Gasteiger partial charge in [0.1, 0.15) is 0 Å². The zero-order valence-corrected chi connectivity index (χ0v) is 12.5. The van der Waals surface area contributed by atoms with Gasteiger partial charge < -0.3 is 9.39 Å². The van der Waals surface area contributed by atoms with Crippen LogP contribution in [0.4, 0.5) is 22.0 Å². The van der Waals surface area contributed by atoms with E-state index in [0.29, 0.717) is 24.7 Å². The monoisotopic (exact) mass is 339 g/mol. The molecule has 0 heterocycles. The van der Waals surface area contributed by atoms with E-state index in [0.717, 1.165) is 26.4 Å². The normalized spacial score (nSPS) is 37.0. The SMILES string of the molecule is CO[B]C(F)(F)C(OC(=O)C12CC3CC(CC1C3)C2)C(F)(F)F. The molecular weight excluding hydrogens is 322 g/mol. The summed E-state index contributed by atoms with van der Waals surface area (Å²) in [5, 5.41) is 0. The van der Waals surface area contributed by atoms with E-state index in [1.165, 1.54) is 0 Å². The number of carbonyl (C=O) groups excluding carboxylic acids is 1. The van der Waals surface area contributed by atoms with Gasteiger partial charge in [0.15, 0.2) is 0 Å². The van der Waals surface area contributed by atoms with Crippen molar-refractivity contribution < 1.29 is 36.1 Å². The standard InChI is InChI=1S/C14H17BF5O3/c1-22-15-13(16,17)10(14(18,19)20)23-11(21)12-5-7-2-8(6-12)4-9(12)3-7/h7-10H,2-6H2,1H3. The van der Waals surface area contributed by atoms with Crippen LogP contribution in [0.3, 0.4) is 0 Å². The van der Waals surface area contributed by atoms with Crippen molar-refractivity contribution in [1.29, 1.82) is 0 Å². The van der Waals surface area contributed by atoms with Crippen LogP contribution in [0.2, 0.25) is 0 Å². The Morgan fingerprint density at radius 1 is 1.13 bits per heavy atom. The zero-order valence-electron chi connectivity index (χ0n) is 12.5. The van der Waals surface area contributed by atoms with Gasteiger partial charge in [0.05, 0.1) is 5.41 Å². The molecule has 4 bridgehead atoms. The summed E-state index contributed by atoms with van der Waals surface area (Å²) in [6.45, 7) is 0. The quantitative estimate of drug-likeness (QED) is 0.439. The van der Waals surface area contributed by atoms with Crippen molar-refractivity contribution >= 4 is 13.5 Å². The molecule has 0 saturated heterocycles. The minimum atomic E-state index is -5.37. The highest BCUT2D eigenvalue weighted by Crippen LogP contribution is 2.66. The van der Waals surface area contributed by atoms with E-state index in [-0.39, 0.29) is 13.4 Å². The third kappa shape index (κ3) is 2.74. The lowest BCUT2D eigenvalue weighted by Gasteiger charge is -2.34. The number of halogens is 5. The Balaban J connectivity index is 1.80. The lowest BCUT2D eigenvalue weighted by molar-refractivity contribution is -0.265. The van der Waals surface area contributed by atoms with Gasteiger partial charge in [0, 0.05) is 7.11 Å². The highest BCUT2D eigenvalue weighted by Gasteiger charge is 2.65. The van der Waals surface area contributed by atoms with Crippen LogP contribution in [0.25, 0.3) is 0 Å². The molecule has 4 aliphatic carbocycles. The molecule has 3 atom stereocenters. The molecule has 4 saturated carbocycles. The number of ether oxygens (including phenoxy) is 1. The number of esters is 1. The molecule has 0 amide bonds. The maximum absolute atomic E-state index is 13.7. The molecule has 0 aliphatic heterocycles. The summed E-state index contributed by atoms with van der Waals surface area (Å²) < 4.78 is 74.7. The number of hydrogen-bond donors (Lipinski definition) is 0. The smallest absolute Gasteiger partial charge is 0.430 e. The first-order valence-electron chi connectivity index (χ1n) is 7.61. The first kappa shape index (κ1) is 17.0. The maximum Gasteiger partial charge on any atom is 0.430 e. The fourth-order valence-electron chi connectivity index (χ4n) is 4.94. The highest BCUT2D eigenvalue weighted by atomic mass is 19.4. The van der Waals surface area contributed by atoms with Crippen molar-refractivity contribution in [1.82, 2.24) is 0 Å². The maximum atomic E-state index is 13.7. The summed E-state index contributed by atoms with van der Waals surface area (Å²) in [5.41, 5.74) is -1.000. The van der Waals surface area contributed by atoms with Gasteiger partial charge in [-0.1, -0.05) is 0 Å². The number of rotatable bonds is 5. The van der Waals surface area contributed by atoms with Crippen molar-refractivity contribution in [3.63, 3.8) is 0 Å². The molecule has 3 unspecified atom stereocenters. The lowest BCUT2D eigenvalue weighted by Crippen LogP contribution is -2.53. The van der Waals surface area contributed by atoms with Crippen molar-refractivity contribution in [2.45, 2.75) is 50.2 Å². The van der Waals surface area contributed by atoms with Crippen molar-refractivity contribution in [2.75, 3.05) is 7.11 Å². The molecular formula is C14H17BF5O3. The summed E-state index contributed by atoms with van der Waals surface area (Å²) in [6.07, 6.45) is -5.45. The van der Waals surface area contributed by atoms with Gasteiger partial charge in [-0.25, -0.2) is 8.78 Å². The molecule has 129 valence electrons. The van der Waals surface area contributed by atoms with E-state index in [1.54, 1.807) is 0 Å². The van der Waals surface area contributed by atoms with Crippen LogP contribution in [0.15, 0.2) is 0 Å². The Morgan fingerprint density at radius 2 is 1.70 bits per heavy atom. The van der Waals surface area contributed by atoms with Crippen LogP contribution >= 0.6 is 0 Å². The average Bonchev–Trinajstić information content (AvgIpc) is 2.80. The van der Waals surface area contributed by atoms with Crippen LogP contribution in [-0.2, 0) is 14.2 Å². The minimum Gasteiger partial charge on any atom is -0.446 e. The van der Waals surface area contributed by atoms with Gasteiger partial charge in [-0.15, -0.1) is 0 Å². The largest absolute Gasteiger partial charge is 0.446 e. The second-order valence-electron chi connectivity index (χ2n) is 7.06. The lowest BCUT2D eigenvalue weighted by atomic mass is 9.75. The van der Waals surface area contributed by atoms with Crippen molar-refractivity contribution in [3.8, 4) is 0 Å². The highest BCUT2D eigenvalue weighted by molar-refractivity contribution is 6.31. The van der Waals surface area contributed by atoms with E-state index in [1.807, 2.05) is 0 Å². The van der Waals surface area contributed by atoms with Crippen LogP contribution in [0.5, 0.6) is 0 Å². The summed E-state index contributed by atoms with van der Waals surface area (Å²) in [5.74, 6) is -4.99. The van der Waals surface area contributed by atoms with E-state index < -0.39 is 29.5 Å². The first-order chi connectivity index (χ1) is 10.6. The van der Waals surface area contributed by atoms with Crippen LogP contribution in [0.1, 0.15) is 32.1 Å². The Hall–Kier alpha value is -0.855. The van der Waals surface area contributed by atoms with Crippen LogP contribution in [-0.4, -0.2) is 38.7 Å². The third-order valence-corrected chi connectivity index (χ3v) is 5.54. The molecule has 0 spiro atoms. The Morgan fingerprint density at radius 3 is 2.17 bits per heavy atom. The third-order valence-electron chi connectivity index (χ3n) is 5.54. The first-order valence-corrected chi connectivity index (χ1v) is 7.61. The number of hydrogen-bond acceptors (Lipinski definition) is 3. The van der Waals surface area contributed by atoms with Gasteiger partial charge >= 0.3 is 19.6 Å². The number of alkyl halides is 5. The fraction of sp³-hybridized carbons (Fsp3) is 0.929. The molecule has 4 aliphatic rings. The Labute approximate surface area is 131 Å². The predicted molar refractivity (Wildman–Crippen MR) is 69.6 cm³/mol. The average molecular weight is 339 g/mol. The molecule has 9 heteroatoms. The van der Waals surface area contributed by atoms with E-state index >= 15 is 0 Å². The molecule has 4 rings (SSSR count). The van der Waals surface area contributed by atoms with Crippen molar-refractivity contribution in [2.24, 2.45) is 23.2 Å². The van der Waals surface area contributed by atoms with Crippen LogP contribution in [0, 0.1) is 23.2 Å². The van der Waals surface area contributed by atoms with Gasteiger partial charge in [0.2, 0.25) is 0 Å². The molecule has 1 radical (unpaired) electrons. The van der Waals surface area contributed by atoms with Gasteiger partial charge in [-0.3, -0.25) is 4.79 Å². The van der Waals surface area contributed by atoms with E-state index in [4.69, 9.17) is 0 Å². The van der Waals surface area contributed by atoms with Gasteiger partial charge in [-0.05, 0) is 49.9 Å². The molecule has 0 aromatic heterocycles. The Bertz CT molecular complexity index is 481. The zero-order chi connectivity index (χ0) is 17.0. The van der Waals surface area contributed by atoms with Gasteiger partial charge in [-0.2, -0.15) is 13.2 Å². The summed E-state index contributed by atoms with van der Waals surface area (Å²) in [4.78, 5) is 12.4. The second-order valence-corrected chi connectivity index (χ2v) is 7.06. The predicted octanol–water partition coefficient (Wildman–Crippen LogP) is 3.15. The molecule has 0 N–H and O–H groups in total. The Kier molecular flexibility index (Phi) is 3.93. The van der Waals surface area contributed by atoms with E-state index in [9.17, 15) is 26.7 Å². The summed E-state index contributed by atoms with van der Waals surface area (Å²) in [7, 11) is 0.577. The fourth-order valence-corrected chi connectivity index (χ4v) is 4.94. The minimum absolute atomic E-state index is 0.0346. The van der Waals surface area contributed by atoms with Gasteiger partial charge in [0.25, 0.3) is 11.9 Å². The second kappa shape index (κ2) is 5.32. The molecule has 23 heavy (non-hydrogen) atoms. The molecule has 0 aromatic carbocycles. The molecule has 4 fully saturated rings. The molecule has 0 aromatic rings. The van der Waals surface area contributed by atoms with Crippen molar-refractivity contribution in [3.05, 3.63) is 0 Å². The summed E-state index contributed by atoms with van der Waals surface area (Å²) in [6, 6.07) is 0. The van der Waals surface area contributed by atoms with Crippen LogP contribution < -0.4 is 0 Å². The summed E-state index contributed by atoms with van der Waals surface area (Å²) >= 11 is 0. The topological polar surface area (TPSA) is 35.5 Å². The number of carbonyl (C=O) groups is 1. The molecule has 3 nitrogen and oxygen atoms in total.